The van der Waals surface area contributed by atoms with Crippen molar-refractivity contribution in [2.45, 2.75) is 44.7 Å². The van der Waals surface area contributed by atoms with Crippen LogP contribution in [0.1, 0.15) is 30.5 Å². The highest BCUT2D eigenvalue weighted by Crippen LogP contribution is 2.25. The molecule has 0 bridgehead atoms. The van der Waals surface area contributed by atoms with E-state index in [1.54, 1.807) is 18.2 Å². The summed E-state index contributed by atoms with van der Waals surface area (Å²) in [7, 11) is -4.24. The smallest absolute Gasteiger partial charge is 0.264 e. The van der Waals surface area contributed by atoms with Crippen molar-refractivity contribution in [2.75, 3.05) is 17.4 Å². The number of rotatable bonds is 13. The molecule has 0 aromatic heterocycles. The summed E-state index contributed by atoms with van der Waals surface area (Å²) >= 11 is 0. The number of nitrogens with zero attached hydrogens (tertiary/aromatic N) is 2. The highest BCUT2D eigenvalue weighted by Gasteiger charge is 2.34. The Labute approximate surface area is 259 Å². The number of hydrogen-bond acceptors (Lipinski definition) is 4. The number of hydrogen-bond donors (Lipinski definition) is 1. The summed E-state index contributed by atoms with van der Waals surface area (Å²) in [5, 5.41) is 2.98. The van der Waals surface area contributed by atoms with Crippen molar-refractivity contribution in [3.8, 4) is 0 Å². The lowest BCUT2D eigenvalue weighted by atomic mass is 10.0. The van der Waals surface area contributed by atoms with E-state index in [1.165, 1.54) is 29.2 Å². The normalized spacial score (nSPS) is 12.0. The van der Waals surface area contributed by atoms with Crippen LogP contribution in [0.5, 0.6) is 0 Å². The Morgan fingerprint density at radius 1 is 0.818 bits per heavy atom. The maximum atomic E-state index is 14.4. The molecule has 0 saturated heterocycles. The second-order valence-corrected chi connectivity index (χ2v) is 13.0. The minimum absolute atomic E-state index is 0.0157. The van der Waals surface area contributed by atoms with Crippen LogP contribution in [-0.4, -0.2) is 44.3 Å². The Hall–Kier alpha value is -4.50. The fraction of sp³-hybridized carbons (Fsp3) is 0.257. The van der Waals surface area contributed by atoms with Gasteiger partial charge in [0.1, 0.15) is 18.4 Å². The zero-order valence-electron chi connectivity index (χ0n) is 25.2. The molecule has 0 saturated carbocycles. The van der Waals surface area contributed by atoms with Crippen LogP contribution in [-0.2, 0) is 32.6 Å². The molecule has 1 atom stereocenters. The van der Waals surface area contributed by atoms with Crippen molar-refractivity contribution in [3.63, 3.8) is 0 Å². The molecular weight excluding hydrogens is 577 g/mol. The van der Waals surface area contributed by atoms with Crippen LogP contribution in [0.4, 0.5) is 10.1 Å². The zero-order valence-corrected chi connectivity index (χ0v) is 26.0. The lowest BCUT2D eigenvalue weighted by molar-refractivity contribution is -0.140. The van der Waals surface area contributed by atoms with Gasteiger partial charge >= 0.3 is 0 Å². The van der Waals surface area contributed by atoms with Crippen LogP contribution >= 0.6 is 0 Å². The number of halogens is 1. The molecular formula is C35H38FN3O4S. The molecule has 0 unspecified atom stereocenters. The van der Waals surface area contributed by atoms with Crippen LogP contribution in [0.3, 0.4) is 0 Å². The van der Waals surface area contributed by atoms with E-state index in [2.05, 4.69) is 5.32 Å². The molecule has 0 radical (unpaired) electrons. The summed E-state index contributed by atoms with van der Waals surface area (Å²) in [5.41, 5.74) is 2.74. The first-order valence-corrected chi connectivity index (χ1v) is 16.0. The van der Waals surface area contributed by atoms with Gasteiger partial charge in [0.15, 0.2) is 0 Å². The number of anilines is 1. The number of amides is 2. The lowest BCUT2D eigenvalue weighted by Gasteiger charge is -2.34. The summed E-state index contributed by atoms with van der Waals surface area (Å²) in [5.74, 6) is -1.26. The third kappa shape index (κ3) is 8.32. The van der Waals surface area contributed by atoms with E-state index in [4.69, 9.17) is 0 Å². The van der Waals surface area contributed by atoms with Gasteiger partial charge in [-0.3, -0.25) is 13.9 Å². The maximum Gasteiger partial charge on any atom is 0.264 e. The van der Waals surface area contributed by atoms with Crippen LogP contribution in [0.15, 0.2) is 114 Å². The van der Waals surface area contributed by atoms with Gasteiger partial charge in [0.05, 0.1) is 10.6 Å². The van der Waals surface area contributed by atoms with Gasteiger partial charge in [-0.2, -0.15) is 0 Å². The Kier molecular flexibility index (Phi) is 10.9. The number of aryl methyl sites for hydroxylation is 1. The van der Waals surface area contributed by atoms with Crippen molar-refractivity contribution in [3.05, 3.63) is 132 Å². The second-order valence-electron chi connectivity index (χ2n) is 11.1. The van der Waals surface area contributed by atoms with Gasteiger partial charge in [-0.25, -0.2) is 12.8 Å². The minimum Gasteiger partial charge on any atom is -0.354 e. The van der Waals surface area contributed by atoms with Gasteiger partial charge < -0.3 is 10.2 Å². The SMILES string of the molecule is Cc1ccccc1CN(C(=O)CN(c1ccc(F)cc1)S(=O)(=O)c1ccccc1)[C@H](Cc1ccccc1)C(=O)NCC(C)C. The van der Waals surface area contributed by atoms with Crippen molar-refractivity contribution in [2.24, 2.45) is 5.92 Å². The first-order chi connectivity index (χ1) is 21.1. The Balaban J connectivity index is 1.79. The van der Waals surface area contributed by atoms with Gasteiger partial charge in [-0.05, 0) is 65.9 Å². The Morgan fingerprint density at radius 3 is 2.02 bits per heavy atom. The molecule has 0 heterocycles. The highest BCUT2D eigenvalue weighted by atomic mass is 32.2. The van der Waals surface area contributed by atoms with Crippen LogP contribution in [0, 0.1) is 18.7 Å². The number of nitrogens with one attached hydrogen (secondary N) is 1. The quantitative estimate of drug-likeness (QED) is 0.208. The topological polar surface area (TPSA) is 86.8 Å². The van der Waals surface area contributed by atoms with Crippen molar-refractivity contribution in [1.82, 2.24) is 10.2 Å². The summed E-state index contributed by atoms with van der Waals surface area (Å²) in [4.78, 5) is 29.7. The average molecular weight is 616 g/mol. The van der Waals surface area contributed by atoms with Gasteiger partial charge in [0.25, 0.3) is 10.0 Å². The standard InChI is InChI=1S/C35H38FN3O4S/c1-26(2)23-37-35(41)33(22-28-13-6-4-7-14-28)38(24-29-15-11-10-12-27(29)3)34(40)25-39(31-20-18-30(36)19-21-31)44(42,43)32-16-8-5-9-17-32/h4-21,26,33H,22-25H2,1-3H3,(H,37,41)/t33-/m1/s1. The van der Waals surface area contributed by atoms with E-state index in [9.17, 15) is 22.4 Å². The van der Waals surface area contributed by atoms with E-state index in [0.29, 0.717) is 6.54 Å². The first kappa shape index (κ1) is 32.4. The first-order valence-electron chi connectivity index (χ1n) is 14.5. The minimum atomic E-state index is -4.24. The van der Waals surface area contributed by atoms with E-state index in [0.717, 1.165) is 33.1 Å². The summed E-state index contributed by atoms with van der Waals surface area (Å²) < 4.78 is 42.7. The predicted molar refractivity (Wildman–Crippen MR) is 171 cm³/mol. The fourth-order valence-electron chi connectivity index (χ4n) is 4.80. The van der Waals surface area contributed by atoms with Crippen molar-refractivity contribution in [1.29, 1.82) is 0 Å². The molecule has 0 aliphatic carbocycles. The molecule has 0 aliphatic heterocycles. The third-order valence-corrected chi connectivity index (χ3v) is 9.07. The highest BCUT2D eigenvalue weighted by molar-refractivity contribution is 7.92. The Morgan fingerprint density at radius 2 is 1.41 bits per heavy atom. The molecule has 9 heteroatoms. The van der Waals surface area contributed by atoms with E-state index in [1.807, 2.05) is 75.4 Å². The lowest BCUT2D eigenvalue weighted by Crippen LogP contribution is -2.53. The molecule has 230 valence electrons. The number of sulfonamides is 1. The molecule has 4 rings (SSSR count). The van der Waals surface area contributed by atoms with Crippen molar-refractivity contribution >= 4 is 27.5 Å². The third-order valence-electron chi connectivity index (χ3n) is 7.28. The van der Waals surface area contributed by atoms with Crippen molar-refractivity contribution < 1.29 is 22.4 Å². The molecule has 44 heavy (non-hydrogen) atoms. The molecule has 7 nitrogen and oxygen atoms in total. The van der Waals surface area contributed by atoms with Crippen LogP contribution in [0.25, 0.3) is 0 Å². The predicted octanol–water partition coefficient (Wildman–Crippen LogP) is 5.74. The second kappa shape index (κ2) is 14.8. The number of carbonyl (C=O) groups excluding carboxylic acids is 2. The largest absolute Gasteiger partial charge is 0.354 e. The van der Waals surface area contributed by atoms with E-state index in [-0.39, 0.29) is 35.4 Å². The maximum absolute atomic E-state index is 14.4. The number of benzene rings is 4. The zero-order chi connectivity index (χ0) is 31.7. The summed E-state index contributed by atoms with van der Waals surface area (Å²) in [6.45, 7) is 5.79. The van der Waals surface area contributed by atoms with Gasteiger partial charge in [0, 0.05) is 19.5 Å². The molecule has 0 aliphatic rings. The number of carbonyl (C=O) groups is 2. The van der Waals surface area contributed by atoms with Gasteiger partial charge in [0.2, 0.25) is 11.8 Å². The molecule has 0 spiro atoms. The van der Waals surface area contributed by atoms with E-state index < -0.39 is 34.3 Å². The monoisotopic (exact) mass is 615 g/mol. The molecule has 4 aromatic rings. The van der Waals surface area contributed by atoms with Crippen LogP contribution in [0.2, 0.25) is 0 Å². The molecule has 1 N–H and O–H groups in total. The van der Waals surface area contributed by atoms with E-state index >= 15 is 0 Å². The van der Waals surface area contributed by atoms with Gasteiger partial charge in [-0.1, -0.05) is 86.6 Å². The Bertz CT molecular complexity index is 1650. The van der Waals surface area contributed by atoms with Gasteiger partial charge in [-0.15, -0.1) is 0 Å². The summed E-state index contributed by atoms with van der Waals surface area (Å²) in [6, 6.07) is 28.8. The summed E-state index contributed by atoms with van der Waals surface area (Å²) in [6.07, 6.45) is 0.227. The fourth-order valence-corrected chi connectivity index (χ4v) is 6.24. The van der Waals surface area contributed by atoms with Crippen LogP contribution < -0.4 is 9.62 Å². The molecule has 4 aromatic carbocycles. The molecule has 2 amide bonds. The molecule has 0 fully saturated rings. The average Bonchev–Trinajstić information content (AvgIpc) is 3.02.